The quantitative estimate of drug-likeness (QED) is 0.412. The predicted octanol–water partition coefficient (Wildman–Crippen LogP) is 5.21. The van der Waals surface area contributed by atoms with E-state index in [0.29, 0.717) is 32.7 Å². The maximum atomic E-state index is 13.4. The van der Waals surface area contributed by atoms with Crippen LogP contribution in [0, 0.1) is 0 Å². The molecule has 0 aliphatic carbocycles. The van der Waals surface area contributed by atoms with Gasteiger partial charge in [0.15, 0.2) is 5.13 Å². The average Bonchev–Trinajstić information content (AvgIpc) is 3.23. The van der Waals surface area contributed by atoms with Crippen molar-refractivity contribution in [3.8, 4) is 11.5 Å². The fourth-order valence-corrected chi connectivity index (χ4v) is 4.22. The lowest BCUT2D eigenvalue weighted by molar-refractivity contribution is 0.0985. The average molecular weight is 440 g/mol. The van der Waals surface area contributed by atoms with Crippen LogP contribution < -0.4 is 14.4 Å². The molecule has 0 radical (unpaired) electrons. The summed E-state index contributed by atoms with van der Waals surface area (Å²) in [6, 6.07) is 16.0. The molecule has 0 saturated heterocycles. The smallest absolute Gasteiger partial charge is 0.260 e. The van der Waals surface area contributed by atoms with Crippen molar-refractivity contribution in [1.29, 1.82) is 0 Å². The zero-order chi connectivity index (χ0) is 21.1. The van der Waals surface area contributed by atoms with Crippen LogP contribution in [0.1, 0.15) is 16.1 Å². The van der Waals surface area contributed by atoms with Crippen LogP contribution in [0.2, 0.25) is 5.02 Å². The number of anilines is 1. The third-order valence-electron chi connectivity index (χ3n) is 4.51. The summed E-state index contributed by atoms with van der Waals surface area (Å²) in [6.07, 6.45) is 1.70. The Bertz CT molecular complexity index is 1140. The van der Waals surface area contributed by atoms with Crippen LogP contribution in [-0.4, -0.2) is 30.1 Å². The first-order valence-corrected chi connectivity index (χ1v) is 10.3. The monoisotopic (exact) mass is 439 g/mol. The molecule has 2 heterocycles. The van der Waals surface area contributed by atoms with E-state index in [9.17, 15) is 4.79 Å². The van der Waals surface area contributed by atoms with Crippen molar-refractivity contribution in [3.63, 3.8) is 0 Å². The topological polar surface area (TPSA) is 64.6 Å². The van der Waals surface area contributed by atoms with Crippen molar-refractivity contribution in [2.24, 2.45) is 0 Å². The van der Waals surface area contributed by atoms with Gasteiger partial charge in [-0.2, -0.15) is 0 Å². The van der Waals surface area contributed by atoms with E-state index in [1.807, 2.05) is 24.3 Å². The lowest BCUT2D eigenvalue weighted by Gasteiger charge is -2.19. The molecule has 2 aromatic heterocycles. The van der Waals surface area contributed by atoms with Gasteiger partial charge in [-0.25, -0.2) is 4.98 Å². The number of halogens is 1. The number of nitrogens with zero attached hydrogens (tertiary/aromatic N) is 3. The number of pyridine rings is 1. The van der Waals surface area contributed by atoms with E-state index in [1.165, 1.54) is 11.3 Å². The van der Waals surface area contributed by atoms with Crippen molar-refractivity contribution in [2.75, 3.05) is 19.1 Å². The zero-order valence-electron chi connectivity index (χ0n) is 16.3. The highest BCUT2D eigenvalue weighted by Crippen LogP contribution is 2.40. The second kappa shape index (κ2) is 8.69. The number of fused-ring (bicyclic) bond motifs is 1. The highest BCUT2D eigenvalue weighted by Gasteiger charge is 2.24. The molecule has 4 aromatic rings. The van der Waals surface area contributed by atoms with Gasteiger partial charge in [0.05, 0.1) is 26.5 Å². The molecule has 0 aliphatic rings. The number of carbonyl (C=O) groups excluding carboxylic acids is 1. The summed E-state index contributed by atoms with van der Waals surface area (Å²) in [5, 5.41) is 1.09. The minimum atomic E-state index is -0.200. The predicted molar refractivity (Wildman–Crippen MR) is 119 cm³/mol. The molecule has 6 nitrogen and oxygen atoms in total. The first kappa shape index (κ1) is 20.1. The number of hydrogen-bond donors (Lipinski definition) is 0. The molecule has 0 bridgehead atoms. The zero-order valence-corrected chi connectivity index (χ0v) is 17.9. The number of ether oxygens (including phenoxy) is 2. The molecule has 152 valence electrons. The van der Waals surface area contributed by atoms with Gasteiger partial charge in [0.25, 0.3) is 5.91 Å². The van der Waals surface area contributed by atoms with Crippen molar-refractivity contribution in [2.45, 2.75) is 6.54 Å². The Kier molecular flexibility index (Phi) is 5.83. The van der Waals surface area contributed by atoms with Crippen LogP contribution in [-0.2, 0) is 6.54 Å². The van der Waals surface area contributed by atoms with E-state index in [1.54, 1.807) is 55.6 Å². The molecule has 0 atom stereocenters. The molecule has 1 amide bonds. The summed E-state index contributed by atoms with van der Waals surface area (Å²) in [7, 11) is 3.19. The summed E-state index contributed by atoms with van der Waals surface area (Å²) < 4.78 is 11.7. The Morgan fingerprint density at radius 1 is 1.03 bits per heavy atom. The van der Waals surface area contributed by atoms with Gasteiger partial charge in [-0.3, -0.25) is 14.7 Å². The Morgan fingerprint density at radius 2 is 1.77 bits per heavy atom. The lowest BCUT2D eigenvalue weighted by Crippen LogP contribution is -2.30. The van der Waals surface area contributed by atoms with Gasteiger partial charge in [-0.05, 0) is 48.5 Å². The minimum absolute atomic E-state index is 0.200. The molecule has 0 N–H and O–H groups in total. The van der Waals surface area contributed by atoms with Crippen LogP contribution in [0.3, 0.4) is 0 Å². The van der Waals surface area contributed by atoms with Crippen molar-refractivity contribution < 1.29 is 14.3 Å². The minimum Gasteiger partial charge on any atom is -0.495 e. The van der Waals surface area contributed by atoms with E-state index in [-0.39, 0.29) is 12.5 Å². The van der Waals surface area contributed by atoms with Crippen molar-refractivity contribution >= 4 is 44.2 Å². The summed E-state index contributed by atoms with van der Waals surface area (Å²) in [5.74, 6) is 1.09. The van der Waals surface area contributed by atoms with E-state index in [2.05, 4.69) is 4.98 Å². The second-order valence-corrected chi connectivity index (χ2v) is 7.78. The van der Waals surface area contributed by atoms with Gasteiger partial charge < -0.3 is 9.47 Å². The summed E-state index contributed by atoms with van der Waals surface area (Å²) in [5.41, 5.74) is 1.90. The van der Waals surface area contributed by atoms with Gasteiger partial charge in [0, 0.05) is 16.8 Å². The number of aromatic nitrogens is 2. The maximum Gasteiger partial charge on any atom is 0.260 e. The van der Waals surface area contributed by atoms with Crippen LogP contribution in [0.25, 0.3) is 10.2 Å². The van der Waals surface area contributed by atoms with Crippen LogP contribution in [0.5, 0.6) is 11.5 Å². The number of thiazole rings is 1. The van der Waals surface area contributed by atoms with E-state index in [0.717, 1.165) is 10.4 Å². The Balaban J connectivity index is 1.82. The fourth-order valence-electron chi connectivity index (χ4n) is 3.02. The number of carbonyl (C=O) groups is 1. The number of hydrogen-bond acceptors (Lipinski definition) is 6. The van der Waals surface area contributed by atoms with E-state index in [4.69, 9.17) is 26.1 Å². The lowest BCUT2D eigenvalue weighted by atomic mass is 10.2. The number of benzene rings is 2. The summed E-state index contributed by atoms with van der Waals surface area (Å²) in [4.78, 5) is 24.1. The molecule has 0 fully saturated rings. The highest BCUT2D eigenvalue weighted by molar-refractivity contribution is 7.22. The molecular formula is C22H18ClN3O3S. The molecule has 4 rings (SSSR count). The van der Waals surface area contributed by atoms with Crippen LogP contribution in [0.4, 0.5) is 5.13 Å². The van der Waals surface area contributed by atoms with Gasteiger partial charge in [-0.15, -0.1) is 0 Å². The van der Waals surface area contributed by atoms with Gasteiger partial charge in [0.2, 0.25) is 0 Å². The van der Waals surface area contributed by atoms with Gasteiger partial charge in [0.1, 0.15) is 21.7 Å². The Labute approximate surface area is 182 Å². The molecule has 0 aliphatic heterocycles. The number of rotatable bonds is 6. The number of methoxy groups -OCH3 is 2. The molecular weight excluding hydrogens is 422 g/mol. The van der Waals surface area contributed by atoms with E-state index < -0.39 is 0 Å². The first-order valence-electron chi connectivity index (χ1n) is 9.09. The number of amides is 1. The van der Waals surface area contributed by atoms with Crippen LogP contribution in [0.15, 0.2) is 60.8 Å². The summed E-state index contributed by atoms with van der Waals surface area (Å²) >= 11 is 7.36. The first-order chi connectivity index (χ1) is 14.6. The highest BCUT2D eigenvalue weighted by atomic mass is 35.5. The molecule has 30 heavy (non-hydrogen) atoms. The largest absolute Gasteiger partial charge is 0.495 e. The normalized spacial score (nSPS) is 10.8. The Hall–Kier alpha value is -3.16. The molecule has 0 spiro atoms. The molecule has 8 heteroatoms. The maximum absolute atomic E-state index is 13.4. The third kappa shape index (κ3) is 3.94. The van der Waals surface area contributed by atoms with Gasteiger partial charge in [-0.1, -0.05) is 29.0 Å². The summed E-state index contributed by atoms with van der Waals surface area (Å²) in [6.45, 7) is 0.271. The van der Waals surface area contributed by atoms with E-state index >= 15 is 0 Å². The SMILES string of the molecule is COc1ccc(OC)c2sc(N(Cc3ccccn3)C(=O)c3ccc(Cl)cc3)nc12. The van der Waals surface area contributed by atoms with Crippen molar-refractivity contribution in [3.05, 3.63) is 77.1 Å². The molecule has 0 unspecified atom stereocenters. The second-order valence-electron chi connectivity index (χ2n) is 6.36. The third-order valence-corrected chi connectivity index (χ3v) is 5.86. The standard InChI is InChI=1S/C22H18ClN3O3S/c1-28-17-10-11-18(29-2)20-19(17)25-22(30-20)26(13-16-5-3-4-12-24-16)21(27)14-6-8-15(23)9-7-14/h3-12H,13H2,1-2H3. The molecule has 0 saturated carbocycles. The van der Waals surface area contributed by atoms with Crippen molar-refractivity contribution in [1.82, 2.24) is 9.97 Å². The fraction of sp³-hybridized carbons (Fsp3) is 0.136. The van der Waals surface area contributed by atoms with Gasteiger partial charge >= 0.3 is 0 Å². The Morgan fingerprint density at radius 3 is 2.43 bits per heavy atom. The molecule has 2 aromatic carbocycles. The van der Waals surface area contributed by atoms with Crippen LogP contribution >= 0.6 is 22.9 Å².